The molecule has 0 aromatic carbocycles. The van der Waals surface area contributed by atoms with Crippen LogP contribution in [0.5, 0.6) is 0 Å². The first-order chi connectivity index (χ1) is 9.19. The third kappa shape index (κ3) is 6.87. The number of hydrogen-bond donors (Lipinski definition) is 0. The summed E-state index contributed by atoms with van der Waals surface area (Å²) in [6.07, 6.45) is -23.6. The normalized spacial score (nSPS) is 15.2. The molecule has 126 valence electrons. The summed E-state index contributed by atoms with van der Waals surface area (Å²) in [7, 11) is 0. The number of rotatable bonds is 5. The zero-order valence-electron chi connectivity index (χ0n) is 10.2. The van der Waals surface area contributed by atoms with Crippen LogP contribution in [0.4, 0.5) is 39.5 Å². The van der Waals surface area contributed by atoms with Gasteiger partial charge in [-0.1, -0.05) is 6.92 Å². The van der Waals surface area contributed by atoms with Crippen molar-refractivity contribution >= 4 is 5.97 Å². The molecule has 0 radical (unpaired) electrons. The summed E-state index contributed by atoms with van der Waals surface area (Å²) < 4.78 is 115. The standard InChI is InChI=1S/C9H9F9O3/c1-2-4(21-6(19)9(16,17)18)3-20-5(7(10,11)12)8(13,14)15/h4-5H,2-3H2,1H3. The number of alkyl halides is 9. The van der Waals surface area contributed by atoms with Crippen LogP contribution in [0.25, 0.3) is 0 Å². The maximum Gasteiger partial charge on any atom is 0.490 e. The third-order valence-corrected chi connectivity index (χ3v) is 2.00. The summed E-state index contributed by atoms with van der Waals surface area (Å²) in [5.74, 6) is -2.73. The van der Waals surface area contributed by atoms with Crippen molar-refractivity contribution in [1.82, 2.24) is 0 Å². The van der Waals surface area contributed by atoms with E-state index in [1.54, 1.807) is 0 Å². The van der Waals surface area contributed by atoms with Gasteiger partial charge >= 0.3 is 24.5 Å². The molecule has 3 nitrogen and oxygen atoms in total. The molecule has 0 aliphatic rings. The summed E-state index contributed by atoms with van der Waals surface area (Å²) in [4.78, 5) is 10.4. The van der Waals surface area contributed by atoms with Crippen molar-refractivity contribution in [3.63, 3.8) is 0 Å². The SMILES string of the molecule is CCC(COC(C(F)(F)F)C(F)(F)F)OC(=O)C(F)(F)F. The minimum absolute atomic E-state index is 0.468. The Bertz CT molecular complexity index is 330. The molecule has 0 spiro atoms. The fraction of sp³-hybridized carbons (Fsp3) is 0.889. The van der Waals surface area contributed by atoms with Gasteiger partial charge in [0.2, 0.25) is 6.10 Å². The van der Waals surface area contributed by atoms with Crippen LogP contribution in [-0.4, -0.2) is 43.3 Å². The van der Waals surface area contributed by atoms with Crippen molar-refractivity contribution in [2.45, 2.75) is 44.1 Å². The topological polar surface area (TPSA) is 35.5 Å². The summed E-state index contributed by atoms with van der Waals surface area (Å²) in [5, 5.41) is 0. The van der Waals surface area contributed by atoms with E-state index in [0.717, 1.165) is 6.92 Å². The predicted octanol–water partition coefficient (Wildman–Crippen LogP) is 3.38. The Labute approximate surface area is 112 Å². The van der Waals surface area contributed by atoms with Gasteiger partial charge in [0.05, 0.1) is 6.61 Å². The van der Waals surface area contributed by atoms with E-state index in [4.69, 9.17) is 0 Å². The van der Waals surface area contributed by atoms with Crippen LogP contribution in [0.2, 0.25) is 0 Å². The predicted molar refractivity (Wildman–Crippen MR) is 48.1 cm³/mol. The monoisotopic (exact) mass is 336 g/mol. The minimum atomic E-state index is -5.80. The molecule has 0 aromatic rings. The lowest BCUT2D eigenvalue weighted by Gasteiger charge is -2.25. The van der Waals surface area contributed by atoms with Gasteiger partial charge in [-0.2, -0.15) is 39.5 Å². The van der Waals surface area contributed by atoms with E-state index in [1.165, 1.54) is 0 Å². The Balaban J connectivity index is 4.74. The highest BCUT2D eigenvalue weighted by Crippen LogP contribution is 2.35. The van der Waals surface area contributed by atoms with Gasteiger partial charge in [0, 0.05) is 0 Å². The van der Waals surface area contributed by atoms with Crippen molar-refractivity contribution < 1.29 is 53.8 Å². The fourth-order valence-electron chi connectivity index (χ4n) is 1.03. The molecule has 0 saturated heterocycles. The number of esters is 1. The molecular formula is C9H9F9O3. The van der Waals surface area contributed by atoms with Gasteiger partial charge in [0.15, 0.2) is 0 Å². The molecular weight excluding hydrogens is 327 g/mol. The Kier molecular flexibility index (Phi) is 6.32. The zero-order valence-corrected chi connectivity index (χ0v) is 10.2. The molecule has 12 heteroatoms. The van der Waals surface area contributed by atoms with Crippen molar-refractivity contribution in [1.29, 1.82) is 0 Å². The Morgan fingerprint density at radius 1 is 0.952 bits per heavy atom. The molecule has 0 aromatic heterocycles. The number of hydrogen-bond acceptors (Lipinski definition) is 3. The van der Waals surface area contributed by atoms with Crippen LogP contribution in [0.1, 0.15) is 13.3 Å². The Morgan fingerprint density at radius 3 is 1.67 bits per heavy atom. The molecule has 0 aliphatic carbocycles. The maximum atomic E-state index is 12.1. The van der Waals surface area contributed by atoms with Crippen molar-refractivity contribution in [2.24, 2.45) is 0 Å². The van der Waals surface area contributed by atoms with E-state index in [2.05, 4.69) is 9.47 Å². The average molecular weight is 336 g/mol. The zero-order chi connectivity index (χ0) is 17.1. The van der Waals surface area contributed by atoms with Crippen molar-refractivity contribution in [2.75, 3.05) is 6.61 Å². The van der Waals surface area contributed by atoms with Gasteiger partial charge in [-0.25, -0.2) is 4.79 Å². The largest absolute Gasteiger partial charge is 0.490 e. The van der Waals surface area contributed by atoms with Crippen LogP contribution in [0.3, 0.4) is 0 Å². The molecule has 1 atom stereocenters. The average Bonchev–Trinajstić information content (AvgIpc) is 2.22. The van der Waals surface area contributed by atoms with Gasteiger partial charge in [-0.15, -0.1) is 0 Å². The first kappa shape index (κ1) is 19.8. The van der Waals surface area contributed by atoms with Gasteiger partial charge in [0.25, 0.3) is 0 Å². The van der Waals surface area contributed by atoms with Crippen molar-refractivity contribution in [3.8, 4) is 0 Å². The second kappa shape index (κ2) is 6.71. The van der Waals surface area contributed by atoms with E-state index in [1.807, 2.05) is 0 Å². The lowest BCUT2D eigenvalue weighted by Crippen LogP contribution is -2.46. The minimum Gasteiger partial charge on any atom is -0.453 e. The van der Waals surface area contributed by atoms with Crippen LogP contribution in [0.15, 0.2) is 0 Å². The number of carbonyl (C=O) groups excluding carboxylic acids is 1. The molecule has 1 unspecified atom stereocenters. The Morgan fingerprint density at radius 2 is 1.38 bits per heavy atom. The van der Waals surface area contributed by atoms with Crippen LogP contribution < -0.4 is 0 Å². The number of carbonyl (C=O) groups is 1. The van der Waals surface area contributed by atoms with Crippen LogP contribution >= 0.6 is 0 Å². The lowest BCUT2D eigenvalue weighted by atomic mass is 10.3. The first-order valence-electron chi connectivity index (χ1n) is 5.22. The van der Waals surface area contributed by atoms with E-state index < -0.39 is 49.7 Å². The highest BCUT2D eigenvalue weighted by molar-refractivity contribution is 5.75. The van der Waals surface area contributed by atoms with E-state index in [-0.39, 0.29) is 0 Å². The highest BCUT2D eigenvalue weighted by atomic mass is 19.4. The molecule has 0 fully saturated rings. The maximum absolute atomic E-state index is 12.1. The van der Waals surface area contributed by atoms with E-state index in [0.29, 0.717) is 0 Å². The number of ether oxygens (including phenoxy) is 2. The summed E-state index contributed by atoms with van der Waals surface area (Å²) in [6, 6.07) is 0. The highest BCUT2D eigenvalue weighted by Gasteiger charge is 2.58. The molecule has 21 heavy (non-hydrogen) atoms. The lowest BCUT2D eigenvalue weighted by molar-refractivity contribution is -0.325. The number of halogens is 9. The van der Waals surface area contributed by atoms with Crippen molar-refractivity contribution in [3.05, 3.63) is 0 Å². The summed E-state index contributed by atoms with van der Waals surface area (Å²) >= 11 is 0. The molecule has 0 N–H and O–H groups in total. The van der Waals surface area contributed by atoms with E-state index >= 15 is 0 Å². The second-order valence-electron chi connectivity index (χ2n) is 3.73. The molecule has 0 rings (SSSR count). The molecule has 0 heterocycles. The quantitative estimate of drug-likeness (QED) is 0.570. The van der Waals surface area contributed by atoms with Gasteiger partial charge in [-0.05, 0) is 6.42 Å². The van der Waals surface area contributed by atoms with E-state index in [9.17, 15) is 44.3 Å². The van der Waals surface area contributed by atoms with Crippen LogP contribution in [0, 0.1) is 0 Å². The molecule has 0 aliphatic heterocycles. The second-order valence-corrected chi connectivity index (χ2v) is 3.73. The molecule has 0 bridgehead atoms. The summed E-state index contributed by atoms with van der Waals surface area (Å²) in [6.45, 7) is -0.393. The Hall–Kier alpha value is -1.20. The molecule has 0 saturated carbocycles. The third-order valence-electron chi connectivity index (χ3n) is 2.00. The smallest absolute Gasteiger partial charge is 0.453 e. The first-order valence-corrected chi connectivity index (χ1v) is 5.22. The van der Waals surface area contributed by atoms with Gasteiger partial charge in [0.1, 0.15) is 6.10 Å². The fourth-order valence-corrected chi connectivity index (χ4v) is 1.03. The van der Waals surface area contributed by atoms with Gasteiger partial charge in [-0.3, -0.25) is 0 Å². The van der Waals surface area contributed by atoms with Crippen LogP contribution in [-0.2, 0) is 14.3 Å². The summed E-state index contributed by atoms with van der Waals surface area (Å²) in [5.41, 5.74) is 0. The van der Waals surface area contributed by atoms with Gasteiger partial charge < -0.3 is 9.47 Å². The molecule has 0 amide bonds.